The van der Waals surface area contributed by atoms with Crippen molar-refractivity contribution in [3.63, 3.8) is 0 Å². The van der Waals surface area contributed by atoms with E-state index < -0.39 is 12.1 Å². The van der Waals surface area contributed by atoms with Gasteiger partial charge < -0.3 is 9.64 Å². The minimum Gasteiger partial charge on any atom is -0.448 e. The van der Waals surface area contributed by atoms with Crippen LogP contribution in [0.1, 0.15) is 34.0 Å². The molecule has 1 heterocycles. The summed E-state index contributed by atoms with van der Waals surface area (Å²) in [6.45, 7) is 6.43. The number of carbonyl (C=O) groups is 2. The maximum atomic E-state index is 13.0. The smallest absolute Gasteiger partial charge is 0.339 e. The number of esters is 1. The van der Waals surface area contributed by atoms with Crippen molar-refractivity contribution in [1.29, 1.82) is 0 Å². The van der Waals surface area contributed by atoms with Gasteiger partial charge in [-0.05, 0) is 49.6 Å². The Hall–Kier alpha value is -2.62. The minimum absolute atomic E-state index is 0.172. The second-order valence-electron chi connectivity index (χ2n) is 6.13. The molecule has 2 aromatic rings. The predicted octanol–water partition coefficient (Wildman–Crippen LogP) is 3.44. The van der Waals surface area contributed by atoms with E-state index in [2.05, 4.69) is 0 Å². The molecular weight excluding hydrogens is 302 g/mol. The standard InChI is InChI=1S/C20H21NO3/c1-4-21(17-11-13(2)9-10-14(17)3)19(22)18-12-15-7-5-6-8-16(15)20(23)24-18/h5-11,18H,4,12H2,1-3H3/t18-/m1/s1. The molecule has 24 heavy (non-hydrogen) atoms. The maximum Gasteiger partial charge on any atom is 0.339 e. The molecule has 0 aromatic heterocycles. The molecule has 0 saturated heterocycles. The molecule has 0 spiro atoms. The lowest BCUT2D eigenvalue weighted by atomic mass is 9.97. The zero-order valence-electron chi connectivity index (χ0n) is 14.2. The topological polar surface area (TPSA) is 46.6 Å². The van der Waals surface area contributed by atoms with Crippen LogP contribution in [0.3, 0.4) is 0 Å². The Morgan fingerprint density at radius 1 is 1.21 bits per heavy atom. The Kier molecular flexibility index (Phi) is 4.38. The van der Waals surface area contributed by atoms with Gasteiger partial charge in [-0.3, -0.25) is 4.79 Å². The van der Waals surface area contributed by atoms with Gasteiger partial charge in [-0.2, -0.15) is 0 Å². The van der Waals surface area contributed by atoms with Crippen molar-refractivity contribution in [3.05, 3.63) is 64.7 Å². The van der Waals surface area contributed by atoms with Crippen LogP contribution in [-0.2, 0) is 16.0 Å². The van der Waals surface area contributed by atoms with Crippen LogP contribution in [0.2, 0.25) is 0 Å². The summed E-state index contributed by atoms with van der Waals surface area (Å²) in [7, 11) is 0. The summed E-state index contributed by atoms with van der Waals surface area (Å²) < 4.78 is 5.42. The fourth-order valence-corrected chi connectivity index (χ4v) is 3.10. The Bertz CT molecular complexity index is 797. The molecule has 0 unspecified atom stereocenters. The van der Waals surface area contributed by atoms with Crippen molar-refractivity contribution in [1.82, 2.24) is 0 Å². The number of aryl methyl sites for hydroxylation is 2. The summed E-state index contributed by atoms with van der Waals surface area (Å²) >= 11 is 0. The summed E-state index contributed by atoms with van der Waals surface area (Å²) in [5.74, 6) is -0.596. The highest BCUT2D eigenvalue weighted by atomic mass is 16.5. The highest BCUT2D eigenvalue weighted by Crippen LogP contribution is 2.26. The van der Waals surface area contributed by atoms with Crippen LogP contribution in [0.5, 0.6) is 0 Å². The third-order valence-electron chi connectivity index (χ3n) is 4.41. The van der Waals surface area contributed by atoms with Crippen LogP contribution < -0.4 is 4.90 Å². The summed E-state index contributed by atoms with van der Waals surface area (Å²) in [5.41, 5.74) is 4.41. The number of nitrogens with zero attached hydrogens (tertiary/aromatic N) is 1. The molecule has 2 aromatic carbocycles. The average molecular weight is 323 g/mol. The lowest BCUT2D eigenvalue weighted by Crippen LogP contribution is -2.44. The minimum atomic E-state index is -0.771. The van der Waals surface area contributed by atoms with Gasteiger partial charge in [-0.1, -0.05) is 30.3 Å². The average Bonchev–Trinajstić information content (AvgIpc) is 2.58. The van der Waals surface area contributed by atoms with Gasteiger partial charge in [0, 0.05) is 18.7 Å². The van der Waals surface area contributed by atoms with Crippen LogP contribution in [-0.4, -0.2) is 24.5 Å². The molecule has 0 radical (unpaired) electrons. The quantitative estimate of drug-likeness (QED) is 0.813. The Balaban J connectivity index is 1.90. The number of likely N-dealkylation sites (N-methyl/N-ethyl adjacent to an activating group) is 1. The second-order valence-corrected chi connectivity index (χ2v) is 6.13. The predicted molar refractivity (Wildman–Crippen MR) is 93.3 cm³/mol. The van der Waals surface area contributed by atoms with Gasteiger partial charge in [-0.25, -0.2) is 4.79 Å². The number of anilines is 1. The van der Waals surface area contributed by atoms with Gasteiger partial charge in [0.05, 0.1) is 5.56 Å². The first-order valence-electron chi connectivity index (χ1n) is 8.18. The zero-order chi connectivity index (χ0) is 17.3. The third kappa shape index (κ3) is 2.92. The zero-order valence-corrected chi connectivity index (χ0v) is 14.2. The lowest BCUT2D eigenvalue weighted by Gasteiger charge is -2.30. The Labute approximate surface area is 142 Å². The molecule has 1 aliphatic heterocycles. The van der Waals surface area contributed by atoms with E-state index in [1.807, 2.05) is 51.1 Å². The highest BCUT2D eigenvalue weighted by Gasteiger charge is 2.34. The van der Waals surface area contributed by atoms with E-state index in [0.717, 1.165) is 22.4 Å². The molecule has 0 saturated carbocycles. The van der Waals surface area contributed by atoms with E-state index >= 15 is 0 Å². The van der Waals surface area contributed by atoms with E-state index in [4.69, 9.17) is 4.74 Å². The first kappa shape index (κ1) is 16.2. The monoisotopic (exact) mass is 323 g/mol. The second kappa shape index (κ2) is 6.48. The number of hydrogen-bond acceptors (Lipinski definition) is 3. The van der Waals surface area contributed by atoms with Gasteiger partial charge in [0.25, 0.3) is 5.91 Å². The fourth-order valence-electron chi connectivity index (χ4n) is 3.10. The molecule has 0 bridgehead atoms. The number of hydrogen-bond donors (Lipinski definition) is 0. The van der Waals surface area contributed by atoms with E-state index in [9.17, 15) is 9.59 Å². The van der Waals surface area contributed by atoms with Gasteiger partial charge in [0.1, 0.15) is 0 Å². The Morgan fingerprint density at radius 3 is 2.71 bits per heavy atom. The number of carbonyl (C=O) groups excluding carboxylic acids is 2. The molecule has 4 nitrogen and oxygen atoms in total. The van der Waals surface area contributed by atoms with Gasteiger partial charge in [0.2, 0.25) is 0 Å². The normalized spacial score (nSPS) is 16.3. The maximum absolute atomic E-state index is 13.0. The number of ether oxygens (including phenoxy) is 1. The number of benzene rings is 2. The summed E-state index contributed by atoms with van der Waals surface area (Å²) in [6.07, 6.45) is -0.352. The molecule has 0 N–H and O–H groups in total. The molecule has 0 aliphatic carbocycles. The SMILES string of the molecule is CCN(C(=O)[C@H]1Cc2ccccc2C(=O)O1)c1cc(C)ccc1C. The fraction of sp³-hybridized carbons (Fsp3) is 0.300. The third-order valence-corrected chi connectivity index (χ3v) is 4.41. The number of cyclic esters (lactones) is 1. The van der Waals surface area contributed by atoms with E-state index in [-0.39, 0.29) is 5.91 Å². The van der Waals surface area contributed by atoms with Gasteiger partial charge in [0.15, 0.2) is 6.10 Å². The van der Waals surface area contributed by atoms with Crippen molar-refractivity contribution < 1.29 is 14.3 Å². The number of amides is 1. The van der Waals surface area contributed by atoms with Crippen LogP contribution in [0.15, 0.2) is 42.5 Å². The first-order valence-corrected chi connectivity index (χ1v) is 8.18. The van der Waals surface area contributed by atoms with Crippen molar-refractivity contribution >= 4 is 17.6 Å². The highest BCUT2D eigenvalue weighted by molar-refractivity contribution is 6.01. The summed E-state index contributed by atoms with van der Waals surface area (Å²) in [4.78, 5) is 26.9. The summed E-state index contributed by atoms with van der Waals surface area (Å²) in [6, 6.07) is 13.3. The van der Waals surface area contributed by atoms with Crippen LogP contribution >= 0.6 is 0 Å². The van der Waals surface area contributed by atoms with Crippen LogP contribution in [0.25, 0.3) is 0 Å². The van der Waals surface area contributed by atoms with Gasteiger partial charge >= 0.3 is 5.97 Å². The van der Waals surface area contributed by atoms with E-state index in [0.29, 0.717) is 18.5 Å². The molecular formula is C20H21NO3. The molecule has 1 aliphatic rings. The van der Waals surface area contributed by atoms with Crippen LogP contribution in [0.4, 0.5) is 5.69 Å². The van der Waals surface area contributed by atoms with Crippen molar-refractivity contribution in [2.75, 3.05) is 11.4 Å². The largest absolute Gasteiger partial charge is 0.448 e. The van der Waals surface area contributed by atoms with Crippen LogP contribution in [0, 0.1) is 13.8 Å². The number of rotatable bonds is 3. The van der Waals surface area contributed by atoms with E-state index in [1.54, 1.807) is 17.0 Å². The molecule has 4 heteroatoms. The molecule has 124 valence electrons. The Morgan fingerprint density at radius 2 is 1.96 bits per heavy atom. The molecule has 1 atom stereocenters. The number of fused-ring (bicyclic) bond motifs is 1. The summed E-state index contributed by atoms with van der Waals surface area (Å²) in [5, 5.41) is 0. The van der Waals surface area contributed by atoms with Crippen molar-refractivity contribution in [2.45, 2.75) is 33.3 Å². The lowest BCUT2D eigenvalue weighted by molar-refractivity contribution is -0.127. The first-order chi connectivity index (χ1) is 11.5. The molecule has 1 amide bonds. The molecule has 0 fully saturated rings. The van der Waals surface area contributed by atoms with Gasteiger partial charge in [-0.15, -0.1) is 0 Å². The van der Waals surface area contributed by atoms with E-state index in [1.165, 1.54) is 0 Å². The van der Waals surface area contributed by atoms with Crippen molar-refractivity contribution in [3.8, 4) is 0 Å². The molecule has 3 rings (SSSR count). The van der Waals surface area contributed by atoms with Crippen molar-refractivity contribution in [2.24, 2.45) is 0 Å².